The van der Waals surface area contributed by atoms with Crippen molar-refractivity contribution in [3.63, 3.8) is 0 Å². The Kier molecular flexibility index (Phi) is 5.52. The minimum Gasteiger partial charge on any atom is -0.494 e. The van der Waals surface area contributed by atoms with Crippen molar-refractivity contribution in [2.75, 3.05) is 17.7 Å². The highest BCUT2D eigenvalue weighted by atomic mass is 127. The van der Waals surface area contributed by atoms with E-state index in [4.69, 9.17) is 10.5 Å². The Morgan fingerprint density at radius 2 is 1.90 bits per heavy atom. The van der Waals surface area contributed by atoms with Gasteiger partial charge in [0.25, 0.3) is 0 Å². The molecule has 2 aromatic carbocycles. The van der Waals surface area contributed by atoms with E-state index in [1.165, 1.54) is 5.56 Å². The van der Waals surface area contributed by atoms with Crippen LogP contribution in [0.15, 0.2) is 42.5 Å². The van der Waals surface area contributed by atoms with Crippen molar-refractivity contribution in [3.8, 4) is 5.75 Å². The van der Waals surface area contributed by atoms with Crippen LogP contribution in [0, 0.1) is 0 Å². The van der Waals surface area contributed by atoms with Crippen LogP contribution in [0.5, 0.6) is 5.75 Å². The van der Waals surface area contributed by atoms with Gasteiger partial charge in [-0.25, -0.2) is 0 Å². The van der Waals surface area contributed by atoms with Gasteiger partial charge in [-0.1, -0.05) is 35.6 Å². The molecule has 0 saturated heterocycles. The van der Waals surface area contributed by atoms with Crippen molar-refractivity contribution in [1.29, 1.82) is 0 Å². The maximum absolute atomic E-state index is 6.05. The van der Waals surface area contributed by atoms with Crippen LogP contribution in [0.2, 0.25) is 0 Å². The second kappa shape index (κ2) is 7.38. The molecule has 4 heteroatoms. The van der Waals surface area contributed by atoms with Crippen LogP contribution >= 0.6 is 22.6 Å². The van der Waals surface area contributed by atoms with Gasteiger partial charge in [0, 0.05) is 10.1 Å². The Hall–Kier alpha value is -1.43. The molecule has 0 unspecified atom stereocenters. The molecule has 0 atom stereocenters. The number of halogens is 1. The number of nitrogens with one attached hydrogen (secondary N) is 1. The van der Waals surface area contributed by atoms with Gasteiger partial charge in [0.15, 0.2) is 0 Å². The van der Waals surface area contributed by atoms with Crippen molar-refractivity contribution in [2.24, 2.45) is 0 Å². The molecule has 106 valence electrons. The molecular weight excluding hydrogens is 363 g/mol. The summed E-state index contributed by atoms with van der Waals surface area (Å²) in [4.78, 5) is 0. The van der Waals surface area contributed by atoms with Gasteiger partial charge < -0.3 is 15.8 Å². The van der Waals surface area contributed by atoms with Gasteiger partial charge in [-0.15, -0.1) is 0 Å². The Morgan fingerprint density at radius 3 is 2.50 bits per heavy atom. The van der Waals surface area contributed by atoms with Gasteiger partial charge in [0.05, 0.1) is 18.0 Å². The summed E-state index contributed by atoms with van der Waals surface area (Å²) < 4.78 is 6.53. The zero-order valence-electron chi connectivity index (χ0n) is 11.5. The molecule has 20 heavy (non-hydrogen) atoms. The molecule has 0 fully saturated rings. The van der Waals surface area contributed by atoms with E-state index in [0.29, 0.717) is 0 Å². The average Bonchev–Trinajstić information content (AvgIpc) is 2.48. The lowest BCUT2D eigenvalue weighted by Gasteiger charge is -2.11. The maximum atomic E-state index is 6.05. The van der Waals surface area contributed by atoms with E-state index in [9.17, 15) is 0 Å². The number of nitrogen functional groups attached to an aromatic ring is 1. The van der Waals surface area contributed by atoms with Crippen molar-refractivity contribution < 1.29 is 4.74 Å². The number of anilines is 3. The molecule has 0 aliphatic rings. The van der Waals surface area contributed by atoms with Crippen LogP contribution in [-0.2, 0) is 4.43 Å². The van der Waals surface area contributed by atoms with Gasteiger partial charge in [-0.3, -0.25) is 0 Å². The summed E-state index contributed by atoms with van der Waals surface area (Å²) in [6.45, 7) is 2.84. The molecule has 0 heterocycles. The third-order valence-electron chi connectivity index (χ3n) is 2.88. The van der Waals surface area contributed by atoms with E-state index in [-0.39, 0.29) is 0 Å². The van der Waals surface area contributed by atoms with E-state index < -0.39 is 0 Å². The Balaban J connectivity index is 2.06. The first-order chi connectivity index (χ1) is 9.72. The van der Waals surface area contributed by atoms with Crippen molar-refractivity contribution in [3.05, 3.63) is 48.0 Å². The van der Waals surface area contributed by atoms with Crippen molar-refractivity contribution in [2.45, 2.75) is 17.8 Å². The van der Waals surface area contributed by atoms with Crippen molar-refractivity contribution in [1.82, 2.24) is 0 Å². The monoisotopic (exact) mass is 382 g/mol. The summed E-state index contributed by atoms with van der Waals surface area (Å²) in [7, 11) is 0. The van der Waals surface area contributed by atoms with Gasteiger partial charge in [0.1, 0.15) is 5.75 Å². The molecule has 0 aromatic heterocycles. The number of benzene rings is 2. The van der Waals surface area contributed by atoms with Gasteiger partial charge in [0.2, 0.25) is 0 Å². The van der Waals surface area contributed by atoms with E-state index in [0.717, 1.165) is 40.3 Å². The number of hydrogen-bond acceptors (Lipinski definition) is 3. The number of hydrogen-bond donors (Lipinski definition) is 2. The van der Waals surface area contributed by atoms with Crippen LogP contribution < -0.4 is 15.8 Å². The topological polar surface area (TPSA) is 47.3 Å². The lowest BCUT2D eigenvalue weighted by molar-refractivity contribution is 0.317. The summed E-state index contributed by atoms with van der Waals surface area (Å²) in [5, 5.41) is 3.32. The maximum Gasteiger partial charge on any atom is 0.119 e. The molecular formula is C16H19IN2O. The average molecular weight is 382 g/mol. The molecule has 0 bridgehead atoms. The van der Waals surface area contributed by atoms with Crippen LogP contribution in [0.3, 0.4) is 0 Å². The van der Waals surface area contributed by atoms with Gasteiger partial charge >= 0.3 is 0 Å². The minimum absolute atomic E-state index is 0.748. The first kappa shape index (κ1) is 15.0. The lowest BCUT2D eigenvalue weighted by atomic mass is 10.2. The third kappa shape index (κ3) is 4.03. The van der Waals surface area contributed by atoms with Crippen LogP contribution in [0.1, 0.15) is 18.9 Å². The summed E-state index contributed by atoms with van der Waals surface area (Å²) in [6.07, 6.45) is 1.01. The second-order valence-electron chi connectivity index (χ2n) is 4.55. The normalized spacial score (nSPS) is 10.3. The summed E-state index contributed by atoms with van der Waals surface area (Å²) >= 11 is 2.33. The van der Waals surface area contributed by atoms with Crippen LogP contribution in [-0.4, -0.2) is 6.61 Å². The first-order valence-corrected chi connectivity index (χ1v) is 8.19. The highest BCUT2D eigenvalue weighted by Crippen LogP contribution is 2.26. The minimum atomic E-state index is 0.748. The number of nitrogens with two attached hydrogens (primary N) is 1. The first-order valence-electron chi connectivity index (χ1n) is 6.67. The smallest absolute Gasteiger partial charge is 0.119 e. The lowest BCUT2D eigenvalue weighted by Crippen LogP contribution is -1.98. The number of alkyl halides is 1. The Morgan fingerprint density at radius 1 is 1.15 bits per heavy atom. The van der Waals surface area contributed by atoms with E-state index >= 15 is 0 Å². The summed E-state index contributed by atoms with van der Waals surface area (Å²) in [5.41, 5.74) is 9.99. The standard InChI is InChI=1S/C16H19IN2O/c1-2-9-20-14-6-4-13(5-7-14)19-16-8-3-12(11-17)10-15(16)18/h3-8,10,19H,2,9,11,18H2,1H3. The fourth-order valence-electron chi connectivity index (χ4n) is 1.82. The third-order valence-corrected chi connectivity index (χ3v) is 3.76. The molecule has 0 radical (unpaired) electrons. The second-order valence-corrected chi connectivity index (χ2v) is 5.32. The summed E-state index contributed by atoms with van der Waals surface area (Å²) in [6, 6.07) is 14.0. The molecule has 2 aromatic rings. The fraction of sp³-hybridized carbons (Fsp3) is 0.250. The molecule has 2 rings (SSSR count). The number of rotatable bonds is 6. The van der Waals surface area contributed by atoms with E-state index in [1.807, 2.05) is 36.4 Å². The largest absolute Gasteiger partial charge is 0.494 e. The quantitative estimate of drug-likeness (QED) is 0.431. The number of ether oxygens (including phenoxy) is 1. The molecule has 0 spiro atoms. The van der Waals surface area contributed by atoms with Gasteiger partial charge in [-0.2, -0.15) is 0 Å². The highest BCUT2D eigenvalue weighted by Gasteiger charge is 2.01. The fourth-order valence-corrected chi connectivity index (χ4v) is 2.29. The SMILES string of the molecule is CCCOc1ccc(Nc2ccc(CI)cc2N)cc1. The zero-order valence-corrected chi connectivity index (χ0v) is 13.7. The molecule has 0 amide bonds. The summed E-state index contributed by atoms with van der Waals surface area (Å²) in [5.74, 6) is 0.894. The van der Waals surface area contributed by atoms with Crippen molar-refractivity contribution >= 4 is 39.7 Å². The predicted molar refractivity (Wildman–Crippen MR) is 94.1 cm³/mol. The predicted octanol–water partition coefficient (Wildman–Crippen LogP) is 4.74. The van der Waals surface area contributed by atoms with Crippen LogP contribution in [0.4, 0.5) is 17.1 Å². The Labute approximate surface area is 133 Å². The molecule has 0 saturated carbocycles. The Bertz CT molecular complexity index is 555. The van der Waals surface area contributed by atoms with Gasteiger partial charge in [-0.05, 0) is 48.4 Å². The molecule has 0 aliphatic heterocycles. The molecule has 3 nitrogen and oxygen atoms in total. The van der Waals surface area contributed by atoms with E-state index in [2.05, 4.69) is 40.9 Å². The molecule has 3 N–H and O–H groups in total. The van der Waals surface area contributed by atoms with Crippen LogP contribution in [0.25, 0.3) is 0 Å². The molecule has 0 aliphatic carbocycles. The van der Waals surface area contributed by atoms with E-state index in [1.54, 1.807) is 0 Å². The highest BCUT2D eigenvalue weighted by molar-refractivity contribution is 14.1. The zero-order chi connectivity index (χ0) is 14.4.